The van der Waals surface area contributed by atoms with Crippen LogP contribution in [0.5, 0.6) is 0 Å². The highest BCUT2D eigenvalue weighted by molar-refractivity contribution is 6.30. The zero-order valence-electron chi connectivity index (χ0n) is 8.97. The molecule has 3 aromatic rings. The molecule has 3 heteroatoms. The predicted octanol–water partition coefficient (Wildman–Crippen LogP) is 3.95. The van der Waals surface area contributed by atoms with Crippen LogP contribution in [-0.2, 0) is 0 Å². The molecule has 0 fully saturated rings. The summed E-state index contributed by atoms with van der Waals surface area (Å²) in [6.45, 7) is 0. The third-order valence-corrected chi connectivity index (χ3v) is 2.92. The van der Waals surface area contributed by atoms with Crippen LogP contribution in [-0.4, -0.2) is 10.2 Å². The van der Waals surface area contributed by atoms with Crippen molar-refractivity contribution in [2.24, 2.45) is 0 Å². The average Bonchev–Trinajstić information content (AvgIpc) is 2.38. The Kier molecular flexibility index (Phi) is 2.50. The topological polar surface area (TPSA) is 25.8 Å². The Bertz CT molecular complexity index is 674. The fourth-order valence-electron chi connectivity index (χ4n) is 1.89. The first-order valence-electron chi connectivity index (χ1n) is 5.31. The van der Waals surface area contributed by atoms with E-state index in [1.165, 1.54) is 0 Å². The minimum Gasteiger partial charge on any atom is -0.158 e. The van der Waals surface area contributed by atoms with Crippen molar-refractivity contribution >= 4 is 22.5 Å². The molecular formula is C14H9ClN2. The molecule has 0 aliphatic rings. The number of fused-ring (bicyclic) bond motifs is 1. The molecule has 0 amide bonds. The Morgan fingerprint density at radius 2 is 1.82 bits per heavy atom. The predicted molar refractivity (Wildman–Crippen MR) is 70.0 cm³/mol. The first-order chi connectivity index (χ1) is 8.34. The van der Waals surface area contributed by atoms with Crippen molar-refractivity contribution < 1.29 is 0 Å². The molecule has 0 saturated carbocycles. The number of hydrogen-bond donors (Lipinski definition) is 0. The second kappa shape index (κ2) is 4.15. The maximum absolute atomic E-state index is 6.01. The molecule has 1 aromatic heterocycles. The third kappa shape index (κ3) is 1.87. The van der Waals surface area contributed by atoms with E-state index in [1.54, 1.807) is 6.20 Å². The first-order valence-corrected chi connectivity index (χ1v) is 5.69. The van der Waals surface area contributed by atoms with Gasteiger partial charge in [-0.25, -0.2) is 0 Å². The number of benzene rings is 2. The van der Waals surface area contributed by atoms with Crippen LogP contribution in [0.2, 0.25) is 5.02 Å². The summed E-state index contributed by atoms with van der Waals surface area (Å²) >= 11 is 6.01. The molecular weight excluding hydrogens is 232 g/mol. The van der Waals surface area contributed by atoms with Crippen LogP contribution >= 0.6 is 11.6 Å². The van der Waals surface area contributed by atoms with Crippen LogP contribution in [0.15, 0.2) is 54.7 Å². The fraction of sp³-hybridized carbons (Fsp3) is 0. The quantitative estimate of drug-likeness (QED) is 0.644. The lowest BCUT2D eigenvalue weighted by Crippen LogP contribution is -1.87. The van der Waals surface area contributed by atoms with E-state index in [0.29, 0.717) is 0 Å². The van der Waals surface area contributed by atoms with E-state index in [4.69, 9.17) is 11.6 Å². The van der Waals surface area contributed by atoms with E-state index in [-0.39, 0.29) is 0 Å². The van der Waals surface area contributed by atoms with Gasteiger partial charge in [-0.1, -0.05) is 41.9 Å². The minimum absolute atomic E-state index is 0.725. The fourth-order valence-corrected chi connectivity index (χ4v) is 2.08. The van der Waals surface area contributed by atoms with Gasteiger partial charge >= 0.3 is 0 Å². The Hall–Kier alpha value is -1.93. The van der Waals surface area contributed by atoms with Crippen LogP contribution in [0.4, 0.5) is 0 Å². The van der Waals surface area contributed by atoms with Gasteiger partial charge in [0.2, 0.25) is 0 Å². The molecule has 0 saturated heterocycles. The van der Waals surface area contributed by atoms with E-state index < -0.39 is 0 Å². The van der Waals surface area contributed by atoms with Gasteiger partial charge in [-0.05, 0) is 23.8 Å². The van der Waals surface area contributed by atoms with Crippen molar-refractivity contribution in [3.63, 3.8) is 0 Å². The van der Waals surface area contributed by atoms with Gasteiger partial charge in [0.1, 0.15) is 0 Å². The molecule has 0 spiro atoms. The van der Waals surface area contributed by atoms with Crippen molar-refractivity contribution in [2.75, 3.05) is 0 Å². The molecule has 0 aliphatic carbocycles. The Morgan fingerprint density at radius 1 is 0.941 bits per heavy atom. The Balaban J connectivity index is 2.30. The van der Waals surface area contributed by atoms with Gasteiger partial charge in [-0.2, -0.15) is 10.2 Å². The monoisotopic (exact) mass is 240 g/mol. The van der Waals surface area contributed by atoms with Gasteiger partial charge in [0.05, 0.1) is 11.7 Å². The lowest BCUT2D eigenvalue weighted by molar-refractivity contribution is 1.08. The molecule has 2 aromatic carbocycles. The smallest absolute Gasteiger partial charge is 0.0935 e. The molecule has 1 heterocycles. The highest BCUT2D eigenvalue weighted by Crippen LogP contribution is 2.27. The van der Waals surface area contributed by atoms with E-state index >= 15 is 0 Å². The highest BCUT2D eigenvalue weighted by Gasteiger charge is 2.04. The van der Waals surface area contributed by atoms with Crippen molar-refractivity contribution in [2.45, 2.75) is 0 Å². The summed E-state index contributed by atoms with van der Waals surface area (Å²) in [4.78, 5) is 0. The third-order valence-electron chi connectivity index (χ3n) is 2.68. The summed E-state index contributed by atoms with van der Waals surface area (Å²) in [6, 6.07) is 15.7. The number of rotatable bonds is 1. The maximum Gasteiger partial charge on any atom is 0.0935 e. The standard InChI is InChI=1S/C14H9ClN2/c15-11-5-3-4-10(8-11)13-9-16-17-14-7-2-1-6-12(13)14/h1-9H. The molecule has 0 unspecified atom stereocenters. The number of nitrogens with zero attached hydrogens (tertiary/aromatic N) is 2. The molecule has 0 N–H and O–H groups in total. The van der Waals surface area contributed by atoms with Gasteiger partial charge in [0, 0.05) is 16.0 Å². The minimum atomic E-state index is 0.725. The molecule has 82 valence electrons. The van der Waals surface area contributed by atoms with Crippen LogP contribution in [0.1, 0.15) is 0 Å². The second-order valence-electron chi connectivity index (χ2n) is 3.79. The Morgan fingerprint density at radius 3 is 2.71 bits per heavy atom. The number of halogens is 1. The zero-order chi connectivity index (χ0) is 11.7. The molecule has 0 atom stereocenters. The summed E-state index contributed by atoms with van der Waals surface area (Å²) < 4.78 is 0. The summed E-state index contributed by atoms with van der Waals surface area (Å²) in [6.07, 6.45) is 1.77. The van der Waals surface area contributed by atoms with Gasteiger partial charge in [0.15, 0.2) is 0 Å². The second-order valence-corrected chi connectivity index (χ2v) is 4.22. The van der Waals surface area contributed by atoms with Crippen LogP contribution < -0.4 is 0 Å². The Labute approximate surface area is 104 Å². The maximum atomic E-state index is 6.01. The zero-order valence-corrected chi connectivity index (χ0v) is 9.72. The number of hydrogen-bond acceptors (Lipinski definition) is 2. The van der Waals surface area contributed by atoms with Gasteiger partial charge < -0.3 is 0 Å². The van der Waals surface area contributed by atoms with Crippen LogP contribution in [0, 0.1) is 0 Å². The lowest BCUT2D eigenvalue weighted by atomic mass is 10.0. The molecule has 0 aliphatic heterocycles. The largest absolute Gasteiger partial charge is 0.158 e. The van der Waals surface area contributed by atoms with E-state index in [2.05, 4.69) is 10.2 Å². The number of aromatic nitrogens is 2. The molecule has 0 radical (unpaired) electrons. The van der Waals surface area contributed by atoms with Gasteiger partial charge in [-0.3, -0.25) is 0 Å². The van der Waals surface area contributed by atoms with Gasteiger partial charge in [-0.15, -0.1) is 0 Å². The summed E-state index contributed by atoms with van der Waals surface area (Å²) in [5.41, 5.74) is 3.01. The van der Waals surface area contributed by atoms with Crippen molar-refractivity contribution in [3.05, 3.63) is 59.8 Å². The average molecular weight is 241 g/mol. The summed E-state index contributed by atoms with van der Waals surface area (Å²) in [5, 5.41) is 9.95. The SMILES string of the molecule is Clc1cccc(-c2cnnc3ccccc23)c1. The van der Waals surface area contributed by atoms with E-state index in [0.717, 1.165) is 27.1 Å². The van der Waals surface area contributed by atoms with Crippen molar-refractivity contribution in [1.29, 1.82) is 0 Å². The normalized spacial score (nSPS) is 10.6. The molecule has 0 bridgehead atoms. The van der Waals surface area contributed by atoms with Gasteiger partial charge in [0.25, 0.3) is 0 Å². The molecule has 17 heavy (non-hydrogen) atoms. The summed E-state index contributed by atoms with van der Waals surface area (Å²) in [7, 11) is 0. The first kappa shape index (κ1) is 10.2. The lowest BCUT2D eigenvalue weighted by Gasteiger charge is -2.05. The summed E-state index contributed by atoms with van der Waals surface area (Å²) in [5.74, 6) is 0. The van der Waals surface area contributed by atoms with Crippen molar-refractivity contribution in [3.8, 4) is 11.1 Å². The van der Waals surface area contributed by atoms with Crippen LogP contribution in [0.3, 0.4) is 0 Å². The van der Waals surface area contributed by atoms with Crippen LogP contribution in [0.25, 0.3) is 22.0 Å². The molecule has 3 rings (SSSR count). The van der Waals surface area contributed by atoms with E-state index in [1.807, 2.05) is 48.5 Å². The van der Waals surface area contributed by atoms with E-state index in [9.17, 15) is 0 Å². The molecule has 2 nitrogen and oxygen atoms in total. The highest BCUT2D eigenvalue weighted by atomic mass is 35.5. The van der Waals surface area contributed by atoms with Crippen molar-refractivity contribution in [1.82, 2.24) is 10.2 Å².